The second-order valence-corrected chi connectivity index (χ2v) is 4.45. The largest absolute Gasteiger partial charge is 0.436 e. The Kier molecular flexibility index (Phi) is 3.84. The lowest BCUT2D eigenvalue weighted by Gasteiger charge is -2.26. The summed E-state index contributed by atoms with van der Waals surface area (Å²) in [4.78, 5) is 15.9. The van der Waals surface area contributed by atoms with E-state index in [4.69, 9.17) is 0 Å². The van der Waals surface area contributed by atoms with E-state index in [0.29, 0.717) is 25.9 Å². The summed E-state index contributed by atoms with van der Waals surface area (Å²) >= 11 is 0. The average Bonchev–Trinajstić information content (AvgIpc) is 2.33. The average molecular weight is 276 g/mol. The minimum absolute atomic E-state index is 0.0447. The molecule has 0 bridgehead atoms. The maximum atomic E-state index is 13.7. The summed E-state index contributed by atoms with van der Waals surface area (Å²) in [5.74, 6) is -1.20. The van der Waals surface area contributed by atoms with Gasteiger partial charge >= 0.3 is 6.18 Å². The van der Waals surface area contributed by atoms with Crippen molar-refractivity contribution < 1.29 is 22.4 Å². The molecule has 1 aliphatic rings. The zero-order valence-corrected chi connectivity index (χ0v) is 10.0. The third-order valence-corrected chi connectivity index (χ3v) is 3.05. The first-order valence-electron chi connectivity index (χ1n) is 5.82. The van der Waals surface area contributed by atoms with Crippen molar-refractivity contribution in [2.45, 2.75) is 25.6 Å². The van der Waals surface area contributed by atoms with Crippen molar-refractivity contribution in [1.29, 1.82) is 0 Å². The maximum Gasteiger partial charge on any atom is 0.436 e. The minimum atomic E-state index is -4.79. The van der Waals surface area contributed by atoms with Gasteiger partial charge in [-0.3, -0.25) is 9.69 Å². The molecule has 104 valence electrons. The van der Waals surface area contributed by atoms with Gasteiger partial charge in [0.2, 0.25) is 0 Å². The fraction of sp³-hybridized carbons (Fsp3) is 0.500. The third-order valence-electron chi connectivity index (χ3n) is 3.05. The molecule has 0 aromatic carbocycles. The number of pyridine rings is 1. The predicted molar refractivity (Wildman–Crippen MR) is 58.7 cm³/mol. The van der Waals surface area contributed by atoms with Gasteiger partial charge in [0.1, 0.15) is 5.78 Å². The molecule has 0 unspecified atom stereocenters. The summed E-state index contributed by atoms with van der Waals surface area (Å²) in [6.45, 7) is 0.953. The van der Waals surface area contributed by atoms with Crippen LogP contribution in [-0.2, 0) is 17.5 Å². The molecule has 0 atom stereocenters. The van der Waals surface area contributed by atoms with Crippen molar-refractivity contribution in [2.75, 3.05) is 13.1 Å². The number of carbonyl (C=O) groups excluding carboxylic acids is 1. The van der Waals surface area contributed by atoms with E-state index in [2.05, 4.69) is 4.98 Å². The molecule has 0 spiro atoms. The van der Waals surface area contributed by atoms with Crippen molar-refractivity contribution in [1.82, 2.24) is 9.88 Å². The molecule has 2 heterocycles. The molecular formula is C12H12F4N2O. The molecule has 1 aromatic heterocycles. The van der Waals surface area contributed by atoms with Gasteiger partial charge in [0.25, 0.3) is 0 Å². The highest BCUT2D eigenvalue weighted by molar-refractivity contribution is 5.79. The van der Waals surface area contributed by atoms with Gasteiger partial charge < -0.3 is 0 Å². The van der Waals surface area contributed by atoms with Gasteiger partial charge in [0.15, 0.2) is 11.5 Å². The molecule has 0 saturated carbocycles. The van der Waals surface area contributed by atoms with Crippen molar-refractivity contribution in [3.05, 3.63) is 29.3 Å². The number of carbonyl (C=O) groups is 1. The highest BCUT2D eigenvalue weighted by atomic mass is 19.4. The molecule has 0 N–H and O–H groups in total. The lowest BCUT2D eigenvalue weighted by Crippen LogP contribution is -2.33. The van der Waals surface area contributed by atoms with E-state index in [0.717, 1.165) is 6.20 Å². The first-order valence-corrected chi connectivity index (χ1v) is 5.82. The molecule has 0 radical (unpaired) electrons. The summed E-state index contributed by atoms with van der Waals surface area (Å²) in [5.41, 5.74) is -1.53. The van der Waals surface area contributed by atoms with Crippen molar-refractivity contribution in [3.8, 4) is 0 Å². The fourth-order valence-electron chi connectivity index (χ4n) is 2.00. The number of hydrogen-bond acceptors (Lipinski definition) is 3. The zero-order valence-electron chi connectivity index (χ0n) is 10.0. The highest BCUT2D eigenvalue weighted by Crippen LogP contribution is 2.31. The monoisotopic (exact) mass is 276 g/mol. The number of aromatic nitrogens is 1. The standard InChI is InChI=1S/C12H12F4N2O/c13-10-8(1-4-17-11(10)12(14,15)16)7-18-5-2-9(19)3-6-18/h1,4H,2-3,5-7H2. The molecule has 19 heavy (non-hydrogen) atoms. The summed E-state index contributed by atoms with van der Waals surface area (Å²) in [5, 5.41) is 0. The first-order chi connectivity index (χ1) is 8.88. The molecule has 3 nitrogen and oxygen atoms in total. The predicted octanol–water partition coefficient (Wildman–Crippen LogP) is 2.40. The third kappa shape index (κ3) is 3.28. The second kappa shape index (κ2) is 5.24. The van der Waals surface area contributed by atoms with Gasteiger partial charge in [-0.1, -0.05) is 0 Å². The Labute approximate surface area is 107 Å². The Balaban J connectivity index is 2.15. The molecule has 1 aliphatic heterocycles. The number of Topliss-reactive ketones (excluding diaryl/α,β-unsaturated/α-hetero) is 1. The Morgan fingerprint density at radius 1 is 1.26 bits per heavy atom. The van der Waals surface area contributed by atoms with Gasteiger partial charge in [0.05, 0.1) is 0 Å². The number of alkyl halides is 3. The molecule has 0 aliphatic carbocycles. The van der Waals surface area contributed by atoms with Gasteiger partial charge in [-0.05, 0) is 6.07 Å². The van der Waals surface area contributed by atoms with E-state index < -0.39 is 17.7 Å². The van der Waals surface area contributed by atoms with Gasteiger partial charge in [-0.2, -0.15) is 13.2 Å². The van der Waals surface area contributed by atoms with Crippen LogP contribution in [0.3, 0.4) is 0 Å². The van der Waals surface area contributed by atoms with Crippen LogP contribution in [0.15, 0.2) is 12.3 Å². The number of ketones is 1. The Morgan fingerprint density at radius 2 is 1.89 bits per heavy atom. The van der Waals surface area contributed by atoms with E-state index in [-0.39, 0.29) is 17.9 Å². The number of nitrogens with zero attached hydrogens (tertiary/aromatic N) is 2. The smallest absolute Gasteiger partial charge is 0.300 e. The molecule has 7 heteroatoms. The second-order valence-electron chi connectivity index (χ2n) is 4.45. The van der Waals surface area contributed by atoms with Crippen LogP contribution < -0.4 is 0 Å². The number of hydrogen-bond donors (Lipinski definition) is 0. The minimum Gasteiger partial charge on any atom is -0.300 e. The number of likely N-dealkylation sites (tertiary alicyclic amines) is 1. The highest BCUT2D eigenvalue weighted by Gasteiger charge is 2.37. The summed E-state index contributed by atoms with van der Waals surface area (Å²) in [6, 6.07) is 1.24. The zero-order chi connectivity index (χ0) is 14.0. The van der Waals surface area contributed by atoms with Crippen molar-refractivity contribution in [3.63, 3.8) is 0 Å². The quantitative estimate of drug-likeness (QED) is 0.778. The molecule has 0 amide bonds. The molecule has 1 aromatic rings. The van der Waals surface area contributed by atoms with E-state index in [1.165, 1.54) is 6.07 Å². The van der Waals surface area contributed by atoms with E-state index in [1.807, 2.05) is 0 Å². The van der Waals surface area contributed by atoms with Crippen LogP contribution in [0, 0.1) is 5.82 Å². The summed E-state index contributed by atoms with van der Waals surface area (Å²) < 4.78 is 51.2. The van der Waals surface area contributed by atoms with Gasteiger partial charge in [-0.25, -0.2) is 9.37 Å². The van der Waals surface area contributed by atoms with Crippen LogP contribution in [0.1, 0.15) is 24.1 Å². The number of piperidine rings is 1. The van der Waals surface area contributed by atoms with Crippen molar-refractivity contribution >= 4 is 5.78 Å². The number of halogens is 4. The van der Waals surface area contributed by atoms with Crippen LogP contribution in [0.25, 0.3) is 0 Å². The van der Waals surface area contributed by atoms with Gasteiger partial charge in [-0.15, -0.1) is 0 Å². The van der Waals surface area contributed by atoms with E-state index >= 15 is 0 Å². The Bertz CT molecular complexity index is 477. The normalized spacial score (nSPS) is 17.8. The Hall–Kier alpha value is -1.50. The molecule has 1 saturated heterocycles. The van der Waals surface area contributed by atoms with Crippen LogP contribution in [-0.4, -0.2) is 28.8 Å². The summed E-state index contributed by atoms with van der Waals surface area (Å²) in [6.07, 6.45) is -3.12. The van der Waals surface area contributed by atoms with Crippen LogP contribution in [0.4, 0.5) is 17.6 Å². The fourth-order valence-corrected chi connectivity index (χ4v) is 2.00. The van der Waals surface area contributed by atoms with Crippen LogP contribution in [0.5, 0.6) is 0 Å². The maximum absolute atomic E-state index is 13.7. The van der Waals surface area contributed by atoms with Gasteiger partial charge in [0, 0.05) is 44.2 Å². The topological polar surface area (TPSA) is 33.2 Å². The van der Waals surface area contributed by atoms with Crippen LogP contribution >= 0.6 is 0 Å². The lowest BCUT2D eigenvalue weighted by atomic mass is 10.1. The van der Waals surface area contributed by atoms with E-state index in [1.54, 1.807) is 4.90 Å². The summed E-state index contributed by atoms with van der Waals surface area (Å²) in [7, 11) is 0. The lowest BCUT2D eigenvalue weighted by molar-refractivity contribution is -0.143. The van der Waals surface area contributed by atoms with E-state index in [9.17, 15) is 22.4 Å². The Morgan fingerprint density at radius 3 is 2.47 bits per heavy atom. The number of rotatable bonds is 2. The molecule has 2 rings (SSSR count). The van der Waals surface area contributed by atoms with Crippen LogP contribution in [0.2, 0.25) is 0 Å². The molecule has 1 fully saturated rings. The van der Waals surface area contributed by atoms with Crippen molar-refractivity contribution in [2.24, 2.45) is 0 Å². The SMILES string of the molecule is O=C1CCN(Cc2ccnc(C(F)(F)F)c2F)CC1. The first kappa shape index (κ1) is 13.9. The molecular weight excluding hydrogens is 264 g/mol.